The van der Waals surface area contributed by atoms with Gasteiger partial charge in [0.25, 0.3) is 0 Å². The number of anilines is 1. The summed E-state index contributed by atoms with van der Waals surface area (Å²) in [6.07, 6.45) is 0.745. The summed E-state index contributed by atoms with van der Waals surface area (Å²) in [7, 11) is -3.35. The maximum atomic E-state index is 11.2. The van der Waals surface area contributed by atoms with E-state index in [0.717, 1.165) is 11.4 Å². The van der Waals surface area contributed by atoms with Gasteiger partial charge in [0.2, 0.25) is 15.2 Å². The highest BCUT2D eigenvalue weighted by Crippen LogP contribution is 2.16. The van der Waals surface area contributed by atoms with Gasteiger partial charge in [-0.1, -0.05) is 18.3 Å². The van der Waals surface area contributed by atoms with Gasteiger partial charge in [-0.15, -0.1) is 21.8 Å². The summed E-state index contributed by atoms with van der Waals surface area (Å²) in [5.41, 5.74) is 0. The molecule has 1 aromatic rings. The van der Waals surface area contributed by atoms with E-state index in [1.807, 2.05) is 6.92 Å². The molecule has 1 heterocycles. The van der Waals surface area contributed by atoms with Crippen LogP contribution in [0.5, 0.6) is 0 Å². The molecule has 1 rings (SSSR count). The van der Waals surface area contributed by atoms with Gasteiger partial charge in [-0.25, -0.2) is 8.42 Å². The van der Waals surface area contributed by atoms with Crippen LogP contribution in [0.1, 0.15) is 11.9 Å². The normalized spacial score (nSPS) is 11.6. The number of nitrogens with one attached hydrogen (secondary N) is 1. The molecule has 0 bridgehead atoms. The van der Waals surface area contributed by atoms with Crippen molar-refractivity contribution >= 4 is 38.1 Å². The second kappa shape index (κ2) is 4.90. The topological polar surface area (TPSA) is 72.0 Å². The standard InChI is InChI=1S/C6H10ClN3O2S2/c1-2-5-8-9-6(13-5)10-14(11,12)4-3-7/h2-4H2,1H3,(H,9,10). The Hall–Kier alpha value is -0.400. The predicted molar refractivity (Wildman–Crippen MR) is 57.4 cm³/mol. The Kier molecular flexibility index (Phi) is 4.09. The first-order chi connectivity index (χ1) is 6.57. The maximum Gasteiger partial charge on any atom is 0.235 e. The van der Waals surface area contributed by atoms with Crippen molar-refractivity contribution in [3.05, 3.63) is 5.01 Å². The van der Waals surface area contributed by atoms with Crippen molar-refractivity contribution in [3.8, 4) is 0 Å². The summed E-state index contributed by atoms with van der Waals surface area (Å²) < 4.78 is 24.8. The molecule has 0 aliphatic rings. The van der Waals surface area contributed by atoms with Gasteiger partial charge in [0.05, 0.1) is 5.75 Å². The van der Waals surface area contributed by atoms with Crippen LogP contribution in [0.2, 0.25) is 0 Å². The number of alkyl halides is 1. The summed E-state index contributed by atoms with van der Waals surface area (Å²) in [6.45, 7) is 1.93. The molecule has 0 aliphatic carbocycles. The third kappa shape index (κ3) is 3.39. The van der Waals surface area contributed by atoms with Crippen LogP contribution in [0, 0.1) is 0 Å². The molecule has 5 nitrogen and oxygen atoms in total. The van der Waals surface area contributed by atoms with Gasteiger partial charge < -0.3 is 0 Å². The Morgan fingerprint density at radius 3 is 2.71 bits per heavy atom. The molecule has 0 saturated heterocycles. The van der Waals surface area contributed by atoms with Crippen molar-refractivity contribution in [2.75, 3.05) is 16.4 Å². The van der Waals surface area contributed by atoms with E-state index in [4.69, 9.17) is 11.6 Å². The SMILES string of the molecule is CCc1nnc(NS(=O)(=O)CCCl)s1. The van der Waals surface area contributed by atoms with Crippen LogP contribution in [0.3, 0.4) is 0 Å². The number of halogens is 1. The third-order valence-electron chi connectivity index (χ3n) is 1.36. The van der Waals surface area contributed by atoms with Crippen LogP contribution >= 0.6 is 22.9 Å². The Balaban J connectivity index is 2.69. The summed E-state index contributed by atoms with van der Waals surface area (Å²) in [4.78, 5) is 0. The van der Waals surface area contributed by atoms with Crippen LogP contribution in [-0.4, -0.2) is 30.2 Å². The summed E-state index contributed by atoms with van der Waals surface area (Å²) in [6, 6.07) is 0. The lowest BCUT2D eigenvalue weighted by Crippen LogP contribution is -2.17. The number of rotatable bonds is 5. The largest absolute Gasteiger partial charge is 0.257 e. The van der Waals surface area contributed by atoms with Crippen LogP contribution in [0.25, 0.3) is 0 Å². The summed E-state index contributed by atoms with van der Waals surface area (Å²) >= 11 is 6.56. The fourth-order valence-electron chi connectivity index (χ4n) is 0.723. The molecule has 0 amide bonds. The molecule has 0 aliphatic heterocycles. The van der Waals surface area contributed by atoms with E-state index in [0.29, 0.717) is 5.13 Å². The van der Waals surface area contributed by atoms with E-state index >= 15 is 0 Å². The number of aryl methyl sites for hydroxylation is 1. The minimum Gasteiger partial charge on any atom is -0.257 e. The highest BCUT2D eigenvalue weighted by atomic mass is 35.5. The lowest BCUT2D eigenvalue weighted by molar-refractivity contribution is 0.602. The molecular formula is C6H10ClN3O2S2. The van der Waals surface area contributed by atoms with E-state index < -0.39 is 10.0 Å². The Morgan fingerprint density at radius 1 is 1.50 bits per heavy atom. The van der Waals surface area contributed by atoms with Crippen LogP contribution in [0.15, 0.2) is 0 Å². The molecule has 8 heteroatoms. The molecule has 0 atom stereocenters. The summed E-state index contributed by atoms with van der Waals surface area (Å²) in [5, 5.41) is 8.57. The molecule has 0 spiro atoms. The van der Waals surface area contributed by atoms with Gasteiger partial charge in [-0.2, -0.15) is 0 Å². The number of hydrogen-bond acceptors (Lipinski definition) is 5. The third-order valence-corrected chi connectivity index (χ3v) is 4.13. The molecule has 0 fully saturated rings. The van der Waals surface area contributed by atoms with E-state index in [-0.39, 0.29) is 11.6 Å². The monoisotopic (exact) mass is 255 g/mol. The van der Waals surface area contributed by atoms with Gasteiger partial charge in [-0.05, 0) is 6.42 Å². The first-order valence-corrected chi connectivity index (χ1v) is 6.96. The molecule has 0 saturated carbocycles. The Labute approximate surface area is 91.6 Å². The average Bonchev–Trinajstić information content (AvgIpc) is 2.51. The van der Waals surface area contributed by atoms with Crippen molar-refractivity contribution in [3.63, 3.8) is 0 Å². The van der Waals surface area contributed by atoms with Crippen molar-refractivity contribution in [2.24, 2.45) is 0 Å². The molecule has 1 N–H and O–H groups in total. The highest BCUT2D eigenvalue weighted by Gasteiger charge is 2.12. The number of aromatic nitrogens is 2. The zero-order valence-corrected chi connectivity index (χ0v) is 9.92. The first kappa shape index (κ1) is 11.7. The lowest BCUT2D eigenvalue weighted by atomic mass is 10.5. The van der Waals surface area contributed by atoms with Crippen molar-refractivity contribution in [2.45, 2.75) is 13.3 Å². The predicted octanol–water partition coefficient (Wildman–Crippen LogP) is 1.08. The maximum absolute atomic E-state index is 11.2. The number of hydrogen-bond donors (Lipinski definition) is 1. The zero-order valence-electron chi connectivity index (χ0n) is 7.53. The molecule has 80 valence electrons. The van der Waals surface area contributed by atoms with E-state index in [1.54, 1.807) is 0 Å². The van der Waals surface area contributed by atoms with Gasteiger partial charge >= 0.3 is 0 Å². The molecule has 1 aromatic heterocycles. The van der Waals surface area contributed by atoms with Gasteiger partial charge in [0, 0.05) is 5.88 Å². The average molecular weight is 256 g/mol. The Morgan fingerprint density at radius 2 is 2.21 bits per heavy atom. The van der Waals surface area contributed by atoms with Crippen molar-refractivity contribution < 1.29 is 8.42 Å². The van der Waals surface area contributed by atoms with Crippen LogP contribution in [0.4, 0.5) is 5.13 Å². The smallest absolute Gasteiger partial charge is 0.235 e. The first-order valence-electron chi connectivity index (χ1n) is 3.96. The van der Waals surface area contributed by atoms with Crippen molar-refractivity contribution in [1.82, 2.24) is 10.2 Å². The molecule has 0 radical (unpaired) electrons. The fourth-order valence-corrected chi connectivity index (χ4v) is 3.02. The highest BCUT2D eigenvalue weighted by molar-refractivity contribution is 7.92. The van der Waals surface area contributed by atoms with Crippen LogP contribution in [-0.2, 0) is 16.4 Å². The second-order valence-corrected chi connectivity index (χ2v) is 5.75. The molecule has 14 heavy (non-hydrogen) atoms. The van der Waals surface area contributed by atoms with Gasteiger partial charge in [0.1, 0.15) is 5.01 Å². The number of sulfonamides is 1. The number of nitrogens with zero attached hydrogens (tertiary/aromatic N) is 2. The van der Waals surface area contributed by atoms with E-state index in [9.17, 15) is 8.42 Å². The van der Waals surface area contributed by atoms with E-state index in [2.05, 4.69) is 14.9 Å². The molecule has 0 aromatic carbocycles. The minimum absolute atomic E-state index is 0.0643. The van der Waals surface area contributed by atoms with Gasteiger partial charge in [-0.3, -0.25) is 4.72 Å². The lowest BCUT2D eigenvalue weighted by Gasteiger charge is -2.00. The van der Waals surface area contributed by atoms with Gasteiger partial charge in [0.15, 0.2) is 0 Å². The van der Waals surface area contributed by atoms with Crippen LogP contribution < -0.4 is 4.72 Å². The van der Waals surface area contributed by atoms with Crippen molar-refractivity contribution in [1.29, 1.82) is 0 Å². The summed E-state index contributed by atoms with van der Waals surface area (Å²) in [5.74, 6) is -0.0512. The Bertz CT molecular complexity index is 390. The zero-order chi connectivity index (χ0) is 10.6. The minimum atomic E-state index is -3.35. The second-order valence-electron chi connectivity index (χ2n) is 2.46. The molecular weight excluding hydrogens is 246 g/mol. The quantitative estimate of drug-likeness (QED) is 0.800. The fraction of sp³-hybridized carbons (Fsp3) is 0.667. The molecule has 0 unspecified atom stereocenters. The van der Waals surface area contributed by atoms with E-state index in [1.165, 1.54) is 11.3 Å².